The lowest BCUT2D eigenvalue weighted by Gasteiger charge is -2.14. The first-order chi connectivity index (χ1) is 16.4. The number of nitrogens with zero attached hydrogens (tertiary/aromatic N) is 3. The van der Waals surface area contributed by atoms with Crippen LogP contribution in [0.2, 0.25) is 0 Å². The van der Waals surface area contributed by atoms with Crippen molar-refractivity contribution in [3.63, 3.8) is 0 Å². The van der Waals surface area contributed by atoms with Crippen LogP contribution in [0, 0.1) is 0 Å². The van der Waals surface area contributed by atoms with E-state index >= 15 is 0 Å². The molecule has 6 nitrogen and oxygen atoms in total. The van der Waals surface area contributed by atoms with Crippen LogP contribution in [0.15, 0.2) is 90.1 Å². The zero-order chi connectivity index (χ0) is 24.0. The number of amides is 1. The van der Waals surface area contributed by atoms with Crippen molar-refractivity contribution in [1.82, 2.24) is 14.8 Å². The summed E-state index contributed by atoms with van der Waals surface area (Å²) in [5.74, 6) is 0.249. The Bertz CT molecular complexity index is 1250. The predicted octanol–water partition coefficient (Wildman–Crippen LogP) is 5.64. The van der Waals surface area contributed by atoms with Crippen LogP contribution in [0.1, 0.15) is 0 Å². The second-order valence-corrected chi connectivity index (χ2v) is 8.14. The Morgan fingerprint density at radius 3 is 2.15 bits per heavy atom. The van der Waals surface area contributed by atoms with Crippen LogP contribution in [0.5, 0.6) is 0 Å². The molecule has 34 heavy (non-hydrogen) atoms. The van der Waals surface area contributed by atoms with Gasteiger partial charge in [-0.2, -0.15) is 13.2 Å². The lowest BCUT2D eigenvalue weighted by Crippen LogP contribution is -2.22. The quantitative estimate of drug-likeness (QED) is 0.318. The maximum Gasteiger partial charge on any atom is 0.405 e. The van der Waals surface area contributed by atoms with E-state index < -0.39 is 12.7 Å². The van der Waals surface area contributed by atoms with Gasteiger partial charge in [0.15, 0.2) is 11.0 Å². The van der Waals surface area contributed by atoms with E-state index in [9.17, 15) is 18.0 Å². The number of thioether (sulfide) groups is 1. The van der Waals surface area contributed by atoms with Gasteiger partial charge in [-0.1, -0.05) is 72.4 Å². The molecule has 0 saturated heterocycles. The fourth-order valence-electron chi connectivity index (χ4n) is 3.21. The first kappa shape index (κ1) is 23.4. The van der Waals surface area contributed by atoms with Crippen molar-refractivity contribution in [3.8, 4) is 17.1 Å². The van der Waals surface area contributed by atoms with Gasteiger partial charge < -0.3 is 10.6 Å². The number of anilines is 2. The minimum atomic E-state index is -4.37. The highest BCUT2D eigenvalue weighted by molar-refractivity contribution is 7.99. The molecule has 0 radical (unpaired) electrons. The number of para-hydroxylation sites is 3. The Kier molecular flexibility index (Phi) is 7.17. The Labute approximate surface area is 198 Å². The summed E-state index contributed by atoms with van der Waals surface area (Å²) >= 11 is 1.19. The standard InChI is InChI=1S/C24H20F3N5OS/c25-24(26,27)16-28-19-13-7-8-14-20(19)29-21(33)15-34-23-31-30-22(17-9-3-1-4-10-17)32(23)18-11-5-2-6-12-18/h1-14,28H,15-16H2,(H,29,33). The molecule has 1 amide bonds. The van der Waals surface area contributed by atoms with E-state index in [1.54, 1.807) is 18.2 Å². The highest BCUT2D eigenvalue weighted by atomic mass is 32.2. The molecule has 2 N–H and O–H groups in total. The SMILES string of the molecule is O=C(CSc1nnc(-c2ccccc2)n1-c1ccccc1)Nc1ccccc1NCC(F)(F)F. The molecule has 4 rings (SSSR count). The summed E-state index contributed by atoms with van der Waals surface area (Å²) < 4.78 is 39.6. The Balaban J connectivity index is 1.51. The Hall–Kier alpha value is -3.79. The smallest absolute Gasteiger partial charge is 0.375 e. The van der Waals surface area contributed by atoms with Crippen molar-refractivity contribution < 1.29 is 18.0 Å². The number of aromatic nitrogens is 3. The fourth-order valence-corrected chi connectivity index (χ4v) is 3.96. The highest BCUT2D eigenvalue weighted by Crippen LogP contribution is 2.28. The van der Waals surface area contributed by atoms with Gasteiger partial charge in [0.1, 0.15) is 6.54 Å². The molecule has 4 aromatic rings. The van der Waals surface area contributed by atoms with Crippen molar-refractivity contribution in [2.45, 2.75) is 11.3 Å². The number of carbonyl (C=O) groups is 1. The van der Waals surface area contributed by atoms with E-state index in [-0.39, 0.29) is 23.0 Å². The summed E-state index contributed by atoms with van der Waals surface area (Å²) in [6, 6.07) is 25.4. The topological polar surface area (TPSA) is 71.8 Å². The van der Waals surface area contributed by atoms with Crippen LogP contribution in [-0.2, 0) is 4.79 Å². The summed E-state index contributed by atoms with van der Waals surface area (Å²) in [7, 11) is 0. The van der Waals surface area contributed by atoms with Crippen LogP contribution < -0.4 is 10.6 Å². The molecule has 0 fully saturated rings. The summed E-state index contributed by atoms with van der Waals surface area (Å²) in [6.07, 6.45) is -4.37. The average Bonchev–Trinajstić information content (AvgIpc) is 3.27. The Morgan fingerprint density at radius 1 is 0.853 bits per heavy atom. The van der Waals surface area contributed by atoms with E-state index in [0.717, 1.165) is 11.3 Å². The van der Waals surface area contributed by atoms with Crippen LogP contribution in [0.3, 0.4) is 0 Å². The summed E-state index contributed by atoms with van der Waals surface area (Å²) in [4.78, 5) is 12.6. The van der Waals surface area contributed by atoms with Crippen molar-refractivity contribution in [2.75, 3.05) is 22.9 Å². The van der Waals surface area contributed by atoms with Crippen LogP contribution >= 0.6 is 11.8 Å². The average molecular weight is 484 g/mol. The third kappa shape index (κ3) is 5.96. The fraction of sp³-hybridized carbons (Fsp3) is 0.125. The van der Waals surface area contributed by atoms with Gasteiger partial charge in [-0.25, -0.2) is 0 Å². The van der Waals surface area contributed by atoms with Gasteiger partial charge in [0.2, 0.25) is 5.91 Å². The summed E-state index contributed by atoms with van der Waals surface area (Å²) in [6.45, 7) is -1.20. The molecule has 0 bridgehead atoms. The van der Waals surface area contributed by atoms with Crippen LogP contribution in [-0.4, -0.2) is 39.1 Å². The second-order valence-electron chi connectivity index (χ2n) is 7.19. The monoisotopic (exact) mass is 483 g/mol. The second kappa shape index (κ2) is 10.4. The maximum atomic E-state index is 12.6. The number of alkyl halides is 3. The van der Waals surface area contributed by atoms with Gasteiger partial charge in [0.25, 0.3) is 0 Å². The number of rotatable bonds is 8. The van der Waals surface area contributed by atoms with Gasteiger partial charge in [0.05, 0.1) is 17.1 Å². The third-order valence-corrected chi connectivity index (χ3v) is 5.62. The van der Waals surface area contributed by atoms with E-state index in [1.165, 1.54) is 17.8 Å². The zero-order valence-electron chi connectivity index (χ0n) is 17.8. The normalized spacial score (nSPS) is 11.3. The molecule has 1 heterocycles. The van der Waals surface area contributed by atoms with E-state index in [2.05, 4.69) is 20.8 Å². The van der Waals surface area contributed by atoms with Crippen molar-refractivity contribution in [2.24, 2.45) is 0 Å². The molecule has 174 valence electrons. The molecule has 0 aliphatic heterocycles. The predicted molar refractivity (Wildman–Crippen MR) is 127 cm³/mol. The lowest BCUT2D eigenvalue weighted by molar-refractivity contribution is -0.115. The molecular formula is C24H20F3N5OS. The minimum absolute atomic E-state index is 0.00659. The number of benzene rings is 3. The van der Waals surface area contributed by atoms with Gasteiger partial charge in [-0.05, 0) is 24.3 Å². The van der Waals surface area contributed by atoms with E-state index in [4.69, 9.17) is 0 Å². The molecule has 0 saturated carbocycles. The van der Waals surface area contributed by atoms with Gasteiger partial charge in [0, 0.05) is 11.3 Å². The number of halogens is 3. The Morgan fingerprint density at radius 2 is 1.47 bits per heavy atom. The molecule has 10 heteroatoms. The van der Waals surface area contributed by atoms with Crippen LogP contribution in [0.25, 0.3) is 17.1 Å². The minimum Gasteiger partial charge on any atom is -0.375 e. The largest absolute Gasteiger partial charge is 0.405 e. The molecule has 0 spiro atoms. The number of carbonyl (C=O) groups excluding carboxylic acids is 1. The van der Waals surface area contributed by atoms with Crippen molar-refractivity contribution in [3.05, 3.63) is 84.9 Å². The van der Waals surface area contributed by atoms with Crippen LogP contribution in [0.4, 0.5) is 24.5 Å². The number of hydrogen-bond acceptors (Lipinski definition) is 5. The first-order valence-electron chi connectivity index (χ1n) is 10.3. The molecule has 0 aliphatic carbocycles. The first-order valence-corrected chi connectivity index (χ1v) is 11.3. The highest BCUT2D eigenvalue weighted by Gasteiger charge is 2.27. The summed E-state index contributed by atoms with van der Waals surface area (Å²) in [5, 5.41) is 14.1. The number of nitrogens with one attached hydrogen (secondary N) is 2. The van der Waals surface area contributed by atoms with Gasteiger partial charge >= 0.3 is 6.18 Å². The lowest BCUT2D eigenvalue weighted by atomic mass is 10.2. The number of hydrogen-bond donors (Lipinski definition) is 2. The van der Waals surface area contributed by atoms with Gasteiger partial charge in [-0.3, -0.25) is 9.36 Å². The molecule has 1 aromatic heterocycles. The summed E-state index contributed by atoms with van der Waals surface area (Å²) in [5.41, 5.74) is 2.18. The van der Waals surface area contributed by atoms with E-state index in [1.807, 2.05) is 65.2 Å². The molecule has 0 aliphatic rings. The molecule has 0 atom stereocenters. The molecule has 3 aromatic carbocycles. The van der Waals surface area contributed by atoms with Crippen molar-refractivity contribution >= 4 is 29.0 Å². The maximum absolute atomic E-state index is 12.6. The van der Waals surface area contributed by atoms with E-state index in [0.29, 0.717) is 11.0 Å². The van der Waals surface area contributed by atoms with Gasteiger partial charge in [-0.15, -0.1) is 10.2 Å². The third-order valence-electron chi connectivity index (χ3n) is 4.69. The van der Waals surface area contributed by atoms with Crippen molar-refractivity contribution in [1.29, 1.82) is 0 Å². The molecule has 0 unspecified atom stereocenters. The molecular weight excluding hydrogens is 463 g/mol. The zero-order valence-corrected chi connectivity index (χ0v) is 18.6.